The number of carbonyl (C=O) groups is 1. The number of methoxy groups -OCH3 is 1. The number of ether oxygens (including phenoxy) is 2. The van der Waals surface area contributed by atoms with Gasteiger partial charge < -0.3 is 9.47 Å². The number of hydrogen-bond acceptors (Lipinski definition) is 3. The van der Waals surface area contributed by atoms with Crippen LogP contribution in [0.15, 0.2) is 12.1 Å². The maximum absolute atomic E-state index is 11.6. The highest BCUT2D eigenvalue weighted by Crippen LogP contribution is 2.29. The van der Waals surface area contributed by atoms with Crippen molar-refractivity contribution in [1.82, 2.24) is 0 Å². The summed E-state index contributed by atoms with van der Waals surface area (Å²) in [5.41, 5.74) is 2.25. The molecule has 0 saturated carbocycles. The van der Waals surface area contributed by atoms with Crippen LogP contribution in [0.3, 0.4) is 0 Å². The third kappa shape index (κ3) is 2.78. The standard InChI is InChI=1S/C14H20O3/c1-9-7-8-10(2)12(11(9)3)17-14(4,5)13(15)16-6/h7-8H,1-6H3. The molecule has 0 aliphatic rings. The summed E-state index contributed by atoms with van der Waals surface area (Å²) in [4.78, 5) is 11.6. The Morgan fingerprint density at radius 2 is 1.65 bits per heavy atom. The van der Waals surface area contributed by atoms with Crippen LogP contribution >= 0.6 is 0 Å². The van der Waals surface area contributed by atoms with E-state index in [-0.39, 0.29) is 5.97 Å². The summed E-state index contributed by atoms with van der Waals surface area (Å²) in [6.45, 7) is 9.40. The molecule has 0 amide bonds. The van der Waals surface area contributed by atoms with Gasteiger partial charge in [-0.05, 0) is 51.3 Å². The van der Waals surface area contributed by atoms with Crippen molar-refractivity contribution in [2.75, 3.05) is 7.11 Å². The SMILES string of the molecule is COC(=O)C(C)(C)Oc1c(C)ccc(C)c1C. The van der Waals surface area contributed by atoms with Crippen LogP contribution in [0.25, 0.3) is 0 Å². The van der Waals surface area contributed by atoms with Gasteiger partial charge in [-0.25, -0.2) is 4.79 Å². The maximum Gasteiger partial charge on any atom is 0.349 e. The van der Waals surface area contributed by atoms with Gasteiger partial charge in [0.25, 0.3) is 0 Å². The fraction of sp³-hybridized carbons (Fsp3) is 0.500. The highest BCUT2D eigenvalue weighted by molar-refractivity contribution is 5.79. The second kappa shape index (κ2) is 4.78. The number of carbonyl (C=O) groups excluding carboxylic acids is 1. The van der Waals surface area contributed by atoms with Crippen LogP contribution in [0.1, 0.15) is 30.5 Å². The second-order valence-corrected chi connectivity index (χ2v) is 4.76. The molecule has 3 heteroatoms. The molecule has 94 valence electrons. The van der Waals surface area contributed by atoms with E-state index in [9.17, 15) is 4.79 Å². The summed E-state index contributed by atoms with van der Waals surface area (Å²) in [7, 11) is 1.36. The van der Waals surface area contributed by atoms with E-state index in [2.05, 4.69) is 0 Å². The van der Waals surface area contributed by atoms with E-state index in [1.54, 1.807) is 13.8 Å². The topological polar surface area (TPSA) is 35.5 Å². The van der Waals surface area contributed by atoms with Gasteiger partial charge in [0, 0.05) is 0 Å². The number of rotatable bonds is 3. The molecular weight excluding hydrogens is 216 g/mol. The molecule has 0 N–H and O–H groups in total. The molecule has 0 fully saturated rings. The van der Waals surface area contributed by atoms with Crippen LogP contribution in [0.2, 0.25) is 0 Å². The van der Waals surface area contributed by atoms with E-state index in [4.69, 9.17) is 9.47 Å². The van der Waals surface area contributed by atoms with Crippen molar-refractivity contribution >= 4 is 5.97 Å². The molecule has 0 spiro atoms. The Morgan fingerprint density at radius 1 is 1.12 bits per heavy atom. The summed E-state index contributed by atoms with van der Waals surface area (Å²) >= 11 is 0. The van der Waals surface area contributed by atoms with Crippen molar-refractivity contribution in [2.45, 2.75) is 40.2 Å². The second-order valence-electron chi connectivity index (χ2n) is 4.76. The van der Waals surface area contributed by atoms with Gasteiger partial charge in [0.2, 0.25) is 0 Å². The van der Waals surface area contributed by atoms with Crippen LogP contribution in [0.4, 0.5) is 0 Å². The molecule has 0 aliphatic heterocycles. The minimum absolute atomic E-state index is 0.377. The Kier molecular flexibility index (Phi) is 3.81. The van der Waals surface area contributed by atoms with Crippen molar-refractivity contribution in [2.24, 2.45) is 0 Å². The smallest absolute Gasteiger partial charge is 0.349 e. The van der Waals surface area contributed by atoms with Gasteiger partial charge in [0.15, 0.2) is 5.60 Å². The van der Waals surface area contributed by atoms with Crippen LogP contribution in [-0.4, -0.2) is 18.7 Å². The summed E-state index contributed by atoms with van der Waals surface area (Å²) < 4.78 is 10.6. The molecule has 0 bridgehead atoms. The van der Waals surface area contributed by atoms with Crippen molar-refractivity contribution in [3.63, 3.8) is 0 Å². The van der Waals surface area contributed by atoms with Crippen molar-refractivity contribution in [1.29, 1.82) is 0 Å². The average Bonchev–Trinajstić information content (AvgIpc) is 2.28. The number of benzene rings is 1. The van der Waals surface area contributed by atoms with Crippen molar-refractivity contribution < 1.29 is 14.3 Å². The van der Waals surface area contributed by atoms with E-state index in [1.165, 1.54) is 7.11 Å². The zero-order chi connectivity index (χ0) is 13.2. The van der Waals surface area contributed by atoms with E-state index in [1.807, 2.05) is 32.9 Å². The first-order chi connectivity index (χ1) is 7.79. The van der Waals surface area contributed by atoms with Gasteiger partial charge in [0.1, 0.15) is 5.75 Å². The lowest BCUT2D eigenvalue weighted by Gasteiger charge is -2.26. The molecule has 0 heterocycles. The molecule has 0 radical (unpaired) electrons. The van der Waals surface area contributed by atoms with Gasteiger partial charge in [-0.2, -0.15) is 0 Å². The van der Waals surface area contributed by atoms with E-state index >= 15 is 0 Å². The highest BCUT2D eigenvalue weighted by Gasteiger charge is 2.32. The Labute approximate surface area is 103 Å². The number of esters is 1. The lowest BCUT2D eigenvalue weighted by molar-refractivity contribution is -0.156. The Hall–Kier alpha value is -1.51. The molecule has 0 atom stereocenters. The normalized spacial score (nSPS) is 11.2. The molecule has 0 saturated heterocycles. The summed E-state index contributed by atoms with van der Waals surface area (Å²) in [6, 6.07) is 4.04. The number of hydrogen-bond donors (Lipinski definition) is 0. The highest BCUT2D eigenvalue weighted by atomic mass is 16.6. The van der Waals surface area contributed by atoms with Gasteiger partial charge in [-0.15, -0.1) is 0 Å². The summed E-state index contributed by atoms with van der Waals surface area (Å²) in [5.74, 6) is 0.387. The first kappa shape index (κ1) is 13.6. The number of aryl methyl sites for hydroxylation is 2. The van der Waals surface area contributed by atoms with Gasteiger partial charge in [-0.3, -0.25) is 0 Å². The van der Waals surface area contributed by atoms with E-state index in [0.717, 1.165) is 22.4 Å². The predicted octanol–water partition coefficient (Wildman–Crippen LogP) is 2.94. The van der Waals surface area contributed by atoms with E-state index < -0.39 is 5.60 Å². The van der Waals surface area contributed by atoms with Gasteiger partial charge >= 0.3 is 5.97 Å². The lowest BCUT2D eigenvalue weighted by atomic mass is 10.0. The predicted molar refractivity (Wildman–Crippen MR) is 67.4 cm³/mol. The van der Waals surface area contributed by atoms with Crippen LogP contribution < -0.4 is 4.74 Å². The summed E-state index contributed by atoms with van der Waals surface area (Å²) in [5, 5.41) is 0. The Balaban J connectivity index is 3.11. The van der Waals surface area contributed by atoms with Gasteiger partial charge in [0.05, 0.1) is 7.11 Å². The molecule has 3 nitrogen and oxygen atoms in total. The average molecular weight is 236 g/mol. The Bertz CT molecular complexity index is 433. The third-order valence-electron chi connectivity index (χ3n) is 2.91. The molecule has 1 aromatic carbocycles. The van der Waals surface area contributed by atoms with Crippen LogP contribution in [0.5, 0.6) is 5.75 Å². The molecule has 1 rings (SSSR count). The zero-order valence-corrected chi connectivity index (χ0v) is 11.4. The fourth-order valence-corrected chi connectivity index (χ4v) is 1.63. The molecule has 1 aromatic rings. The lowest BCUT2D eigenvalue weighted by Crippen LogP contribution is -2.39. The van der Waals surface area contributed by atoms with Crippen LogP contribution in [0, 0.1) is 20.8 Å². The summed E-state index contributed by atoms with van der Waals surface area (Å²) in [6.07, 6.45) is 0. The monoisotopic (exact) mass is 236 g/mol. The first-order valence-corrected chi connectivity index (χ1v) is 5.64. The third-order valence-corrected chi connectivity index (χ3v) is 2.91. The molecule has 0 unspecified atom stereocenters. The zero-order valence-electron chi connectivity index (χ0n) is 11.4. The van der Waals surface area contributed by atoms with Crippen LogP contribution in [-0.2, 0) is 9.53 Å². The van der Waals surface area contributed by atoms with Crippen molar-refractivity contribution in [3.8, 4) is 5.75 Å². The maximum atomic E-state index is 11.6. The minimum Gasteiger partial charge on any atom is -0.476 e. The van der Waals surface area contributed by atoms with E-state index in [0.29, 0.717) is 0 Å². The fourth-order valence-electron chi connectivity index (χ4n) is 1.63. The molecule has 0 aliphatic carbocycles. The molecule has 17 heavy (non-hydrogen) atoms. The quantitative estimate of drug-likeness (QED) is 0.757. The van der Waals surface area contributed by atoms with Crippen molar-refractivity contribution in [3.05, 3.63) is 28.8 Å². The minimum atomic E-state index is -0.974. The first-order valence-electron chi connectivity index (χ1n) is 5.64. The molecule has 0 aromatic heterocycles. The van der Waals surface area contributed by atoms with Gasteiger partial charge in [-0.1, -0.05) is 12.1 Å². The molecular formula is C14H20O3. The Morgan fingerprint density at radius 3 is 2.18 bits per heavy atom. The largest absolute Gasteiger partial charge is 0.476 e.